The zero-order valence-electron chi connectivity index (χ0n) is 24.0. The molecule has 2 saturated heterocycles. The van der Waals surface area contributed by atoms with Crippen molar-refractivity contribution in [2.45, 2.75) is 87.6 Å². The first kappa shape index (κ1) is 33.1. The lowest BCUT2D eigenvalue weighted by Crippen LogP contribution is -2.59. The molecule has 3 fully saturated rings. The van der Waals surface area contributed by atoms with E-state index in [2.05, 4.69) is 0 Å². The van der Waals surface area contributed by atoms with Crippen molar-refractivity contribution in [3.63, 3.8) is 0 Å². The van der Waals surface area contributed by atoms with E-state index in [0.717, 1.165) is 28.4 Å². The van der Waals surface area contributed by atoms with E-state index in [9.17, 15) is 24.0 Å². The van der Waals surface area contributed by atoms with Gasteiger partial charge in [0, 0.05) is 6.54 Å². The van der Waals surface area contributed by atoms with E-state index in [-0.39, 0.29) is 26.0 Å². The van der Waals surface area contributed by atoms with Crippen LogP contribution in [0.3, 0.4) is 0 Å². The maximum atomic E-state index is 13.4. The number of alkyl halides is 3. The highest BCUT2D eigenvalue weighted by atomic mass is 35.6. The number of carbonyl (C=O) groups excluding carboxylic acids is 5. The molecule has 0 aromatic heterocycles. The molecule has 1 saturated carbocycles. The molecule has 15 heteroatoms. The number of imide groups is 1. The van der Waals surface area contributed by atoms with Crippen molar-refractivity contribution < 1.29 is 43.1 Å². The van der Waals surface area contributed by atoms with Crippen LogP contribution in [0.4, 0.5) is 9.59 Å². The molecule has 1 aromatic carbocycles. The Hall–Kier alpha value is -2.80. The molecule has 1 aromatic rings. The highest BCUT2D eigenvalue weighted by molar-refractivity contribution is 6.66. The molecule has 4 rings (SSSR count). The topological polar surface area (TPSA) is 132 Å². The van der Waals surface area contributed by atoms with E-state index >= 15 is 0 Å². The largest absolute Gasteiger partial charge is 0.444 e. The van der Waals surface area contributed by atoms with Crippen molar-refractivity contribution in [1.29, 1.82) is 0 Å². The monoisotopic (exact) mass is 661 g/mol. The normalized spacial score (nSPS) is 24.3. The van der Waals surface area contributed by atoms with Gasteiger partial charge in [0.25, 0.3) is 11.8 Å². The standard InChI is InChI=1S/C28H34Cl3N3O9/c1-27(2,3)41-25(38)32-15-18(33(26(39)42-28(29,30)31)40-16-17-9-5-4-6-10-17)13-14-21(32)24(37)43-34-22(35)19-11-7-8-12-20(19)23(34)36/h4-6,9-10,18-21H,7-8,11-16H2,1-3H3/t18-,19?,20?,21+/m1/s1. The van der Waals surface area contributed by atoms with Gasteiger partial charge in [0.05, 0.1) is 17.9 Å². The van der Waals surface area contributed by atoms with Gasteiger partial charge < -0.3 is 14.3 Å². The minimum atomic E-state index is -2.40. The first-order valence-corrected chi connectivity index (χ1v) is 15.1. The van der Waals surface area contributed by atoms with Crippen LogP contribution in [0.5, 0.6) is 0 Å². The summed E-state index contributed by atoms with van der Waals surface area (Å²) in [5, 5.41) is 1.39. The molecule has 0 spiro atoms. The molecule has 4 amide bonds. The number of likely N-dealkylation sites (tertiary alicyclic amines) is 1. The molecule has 2 heterocycles. The number of hydroxylamine groups is 4. The van der Waals surface area contributed by atoms with Gasteiger partial charge in [0.1, 0.15) is 18.2 Å². The van der Waals surface area contributed by atoms with Crippen molar-refractivity contribution in [2.75, 3.05) is 6.54 Å². The van der Waals surface area contributed by atoms with Gasteiger partial charge in [-0.1, -0.05) is 43.2 Å². The molecule has 0 N–H and O–H groups in total. The molecule has 236 valence electrons. The Morgan fingerprint density at radius 1 is 0.907 bits per heavy atom. The predicted octanol–water partition coefficient (Wildman–Crippen LogP) is 5.29. The van der Waals surface area contributed by atoms with Crippen molar-refractivity contribution in [1.82, 2.24) is 15.0 Å². The molecule has 12 nitrogen and oxygen atoms in total. The van der Waals surface area contributed by atoms with Crippen LogP contribution < -0.4 is 0 Å². The summed E-state index contributed by atoms with van der Waals surface area (Å²) in [6.45, 7) is 4.61. The van der Waals surface area contributed by atoms with E-state index in [0.29, 0.717) is 17.9 Å². The minimum Gasteiger partial charge on any atom is -0.444 e. The number of piperidine rings is 1. The third-order valence-corrected chi connectivity index (χ3v) is 7.60. The third kappa shape index (κ3) is 8.43. The van der Waals surface area contributed by atoms with Gasteiger partial charge >= 0.3 is 22.1 Å². The summed E-state index contributed by atoms with van der Waals surface area (Å²) in [6, 6.07) is 6.82. The molecule has 3 aliphatic rings. The van der Waals surface area contributed by atoms with Crippen LogP contribution in [0.1, 0.15) is 64.9 Å². The fraction of sp³-hybridized carbons (Fsp3) is 0.607. The smallest absolute Gasteiger partial charge is 0.437 e. The summed E-state index contributed by atoms with van der Waals surface area (Å²) in [6.07, 6.45) is 0.743. The number of benzene rings is 1. The summed E-state index contributed by atoms with van der Waals surface area (Å²) >= 11 is 17.1. The van der Waals surface area contributed by atoms with E-state index in [1.807, 2.05) is 6.07 Å². The predicted molar refractivity (Wildman–Crippen MR) is 153 cm³/mol. The van der Waals surface area contributed by atoms with Gasteiger partial charge in [-0.05, 0) is 86.8 Å². The molecule has 2 aliphatic heterocycles. The maximum Gasteiger partial charge on any atom is 0.437 e. The van der Waals surface area contributed by atoms with E-state index < -0.39 is 63.5 Å². The van der Waals surface area contributed by atoms with Gasteiger partial charge in [-0.2, -0.15) is 5.06 Å². The summed E-state index contributed by atoms with van der Waals surface area (Å²) < 4.78 is 8.04. The lowest BCUT2D eigenvalue weighted by atomic mass is 9.81. The fourth-order valence-corrected chi connectivity index (χ4v) is 5.65. The van der Waals surface area contributed by atoms with Gasteiger partial charge in [-0.3, -0.25) is 19.3 Å². The Labute approximate surface area is 264 Å². The molecule has 4 atom stereocenters. The number of hydrogen-bond acceptors (Lipinski definition) is 9. The fourth-order valence-electron chi connectivity index (χ4n) is 5.45. The third-order valence-electron chi connectivity index (χ3n) is 7.37. The highest BCUT2D eigenvalue weighted by Gasteiger charge is 2.52. The average Bonchev–Trinajstić information content (AvgIpc) is 3.16. The Morgan fingerprint density at radius 3 is 2.07 bits per heavy atom. The lowest BCUT2D eigenvalue weighted by molar-refractivity contribution is -0.206. The molecule has 43 heavy (non-hydrogen) atoms. The Morgan fingerprint density at radius 2 is 1.51 bits per heavy atom. The van der Waals surface area contributed by atoms with Crippen LogP contribution in [0.15, 0.2) is 30.3 Å². The molecular weight excluding hydrogens is 629 g/mol. The highest BCUT2D eigenvalue weighted by Crippen LogP contribution is 2.38. The second-order valence-corrected chi connectivity index (χ2v) is 13.8. The van der Waals surface area contributed by atoms with Crippen molar-refractivity contribution in [3.05, 3.63) is 35.9 Å². The van der Waals surface area contributed by atoms with Crippen molar-refractivity contribution in [3.8, 4) is 0 Å². The van der Waals surface area contributed by atoms with Crippen LogP contribution in [0.25, 0.3) is 0 Å². The Bertz CT molecular complexity index is 1200. The number of carbonyl (C=O) groups is 5. The molecule has 0 radical (unpaired) electrons. The van der Waals surface area contributed by atoms with Crippen LogP contribution in [-0.2, 0) is 40.1 Å². The Balaban J connectivity index is 1.55. The summed E-state index contributed by atoms with van der Waals surface area (Å²) in [7, 11) is 0. The number of ether oxygens (including phenoxy) is 2. The molecule has 0 bridgehead atoms. The van der Waals surface area contributed by atoms with E-state index in [4.69, 9.17) is 54.0 Å². The first-order chi connectivity index (χ1) is 20.1. The number of amides is 4. The number of halogens is 3. The first-order valence-electron chi connectivity index (χ1n) is 14.0. The average molecular weight is 663 g/mol. The lowest BCUT2D eigenvalue weighted by Gasteiger charge is -2.41. The minimum absolute atomic E-state index is 0.0436. The van der Waals surface area contributed by atoms with Gasteiger partial charge in [0.15, 0.2) is 0 Å². The second kappa shape index (κ2) is 13.5. The van der Waals surface area contributed by atoms with Gasteiger partial charge in [0.2, 0.25) is 0 Å². The van der Waals surface area contributed by atoms with Crippen LogP contribution >= 0.6 is 34.8 Å². The molecule has 1 aliphatic carbocycles. The summed E-state index contributed by atoms with van der Waals surface area (Å²) in [5.74, 6) is -3.15. The summed E-state index contributed by atoms with van der Waals surface area (Å²) in [5.41, 5.74) is -0.219. The SMILES string of the molecule is CC(C)(C)OC(=O)N1C[C@H](N(OCc2ccccc2)C(=O)OC(Cl)(Cl)Cl)CC[C@H]1C(=O)ON1C(=O)C2CCCCC2C1=O. The number of nitrogens with zero attached hydrogens (tertiary/aromatic N) is 3. The Kier molecular flexibility index (Phi) is 10.4. The van der Waals surface area contributed by atoms with E-state index in [1.165, 1.54) is 0 Å². The van der Waals surface area contributed by atoms with Crippen LogP contribution in [-0.4, -0.2) is 73.2 Å². The van der Waals surface area contributed by atoms with Gasteiger partial charge in [-0.25, -0.2) is 14.4 Å². The van der Waals surface area contributed by atoms with E-state index in [1.54, 1.807) is 45.0 Å². The molecular formula is C28H34Cl3N3O9. The van der Waals surface area contributed by atoms with Crippen LogP contribution in [0.2, 0.25) is 0 Å². The number of rotatable bonds is 6. The van der Waals surface area contributed by atoms with Crippen molar-refractivity contribution >= 4 is 64.8 Å². The molecule has 2 unspecified atom stereocenters. The zero-order chi connectivity index (χ0) is 31.5. The second-order valence-electron chi connectivity index (χ2n) is 11.7. The number of fused-ring (bicyclic) bond motifs is 1. The van der Waals surface area contributed by atoms with Gasteiger partial charge in [-0.15, -0.1) is 5.06 Å². The number of hydrogen-bond donors (Lipinski definition) is 0. The van der Waals surface area contributed by atoms with Crippen LogP contribution in [0, 0.1) is 11.8 Å². The maximum absolute atomic E-state index is 13.4. The zero-order valence-corrected chi connectivity index (χ0v) is 26.3. The van der Waals surface area contributed by atoms with Crippen molar-refractivity contribution in [2.24, 2.45) is 11.8 Å². The quantitative estimate of drug-likeness (QED) is 0.227. The summed E-state index contributed by atoms with van der Waals surface area (Å²) in [4.78, 5) is 77.8.